The van der Waals surface area contributed by atoms with Crippen LogP contribution in [-0.4, -0.2) is 22.4 Å². The van der Waals surface area contributed by atoms with E-state index in [0.29, 0.717) is 11.5 Å². The summed E-state index contributed by atoms with van der Waals surface area (Å²) in [5.41, 5.74) is -0.0331. The van der Waals surface area contributed by atoms with E-state index in [-0.39, 0.29) is 10.7 Å². The molecule has 0 aliphatic rings. The van der Waals surface area contributed by atoms with Crippen molar-refractivity contribution < 1.29 is 14.5 Å². The van der Waals surface area contributed by atoms with E-state index in [0.717, 1.165) is 6.07 Å². The number of aromatic nitrogens is 1. The van der Waals surface area contributed by atoms with Crippen LogP contribution >= 0.6 is 11.5 Å². The molecule has 0 aliphatic carbocycles. The van der Waals surface area contributed by atoms with E-state index < -0.39 is 10.9 Å². The number of nitro groups is 1. The van der Waals surface area contributed by atoms with Crippen molar-refractivity contribution in [1.29, 1.82) is 0 Å². The van der Waals surface area contributed by atoms with Gasteiger partial charge < -0.3 is 4.74 Å². The number of carbonyl (C=O) groups excluding carboxylic acids is 1. The van der Waals surface area contributed by atoms with Crippen molar-refractivity contribution in [3.63, 3.8) is 0 Å². The van der Waals surface area contributed by atoms with E-state index in [1.54, 1.807) is 0 Å². The second-order valence-electron chi connectivity index (χ2n) is 1.80. The Bertz CT molecular complexity index is 321. The van der Waals surface area contributed by atoms with Gasteiger partial charge in [0.2, 0.25) is 0 Å². The second-order valence-corrected chi connectivity index (χ2v) is 2.58. The molecule has 12 heavy (non-hydrogen) atoms. The smallest absolute Gasteiger partial charge is 0.358 e. The first-order valence-electron chi connectivity index (χ1n) is 2.84. The van der Waals surface area contributed by atoms with Crippen molar-refractivity contribution in [2.75, 3.05) is 7.11 Å². The van der Waals surface area contributed by atoms with Crippen LogP contribution in [0.2, 0.25) is 0 Å². The molecular weight excluding hydrogens is 184 g/mol. The molecule has 0 unspecified atom stereocenters. The van der Waals surface area contributed by atoms with Crippen LogP contribution in [0.1, 0.15) is 10.5 Å². The largest absolute Gasteiger partial charge is 0.464 e. The van der Waals surface area contributed by atoms with Crippen LogP contribution < -0.4 is 0 Å². The summed E-state index contributed by atoms with van der Waals surface area (Å²) in [5, 5.41) is 9.98. The molecule has 6 nitrogen and oxygen atoms in total. The highest BCUT2D eigenvalue weighted by Gasteiger charge is 2.16. The first-order valence-corrected chi connectivity index (χ1v) is 3.62. The first-order chi connectivity index (χ1) is 5.65. The minimum atomic E-state index is -0.667. The lowest BCUT2D eigenvalue weighted by molar-refractivity contribution is -0.380. The van der Waals surface area contributed by atoms with Gasteiger partial charge in [0.15, 0.2) is 5.69 Å². The van der Waals surface area contributed by atoms with Gasteiger partial charge in [-0.3, -0.25) is 10.1 Å². The molecule has 0 atom stereocenters. The number of rotatable bonds is 2. The van der Waals surface area contributed by atoms with Crippen molar-refractivity contribution >= 4 is 22.5 Å². The van der Waals surface area contributed by atoms with E-state index in [9.17, 15) is 14.9 Å². The summed E-state index contributed by atoms with van der Waals surface area (Å²) in [5.74, 6) is -0.667. The van der Waals surface area contributed by atoms with Gasteiger partial charge in [-0.1, -0.05) is 0 Å². The summed E-state index contributed by atoms with van der Waals surface area (Å²) in [6.07, 6.45) is 0. The Labute approximate surface area is 71.1 Å². The fourth-order valence-corrected chi connectivity index (χ4v) is 1.10. The van der Waals surface area contributed by atoms with Crippen LogP contribution in [0, 0.1) is 10.1 Å². The standard InChI is InChI=1S/C5H4N2O4S/c1-11-5(8)3-2-4(7(9)10)12-6-3/h2H,1H3. The Morgan fingerprint density at radius 3 is 2.92 bits per heavy atom. The van der Waals surface area contributed by atoms with E-state index >= 15 is 0 Å². The molecule has 0 spiro atoms. The average molecular weight is 188 g/mol. The van der Waals surface area contributed by atoms with Gasteiger partial charge in [-0.25, -0.2) is 4.79 Å². The van der Waals surface area contributed by atoms with Crippen molar-refractivity contribution in [3.8, 4) is 0 Å². The molecule has 7 heteroatoms. The van der Waals surface area contributed by atoms with Crippen LogP contribution in [-0.2, 0) is 4.74 Å². The van der Waals surface area contributed by atoms with Gasteiger partial charge in [0.05, 0.1) is 18.1 Å². The SMILES string of the molecule is COC(=O)c1cc([N+](=O)[O-])sn1. The quantitative estimate of drug-likeness (QED) is 0.390. The van der Waals surface area contributed by atoms with Crippen molar-refractivity contribution in [2.24, 2.45) is 0 Å². The Balaban J connectivity index is 2.91. The molecule has 0 amide bonds. The van der Waals surface area contributed by atoms with Crippen molar-refractivity contribution in [1.82, 2.24) is 4.37 Å². The molecule has 0 bridgehead atoms. The molecule has 1 heterocycles. The summed E-state index contributed by atoms with van der Waals surface area (Å²) >= 11 is 0.651. The lowest BCUT2D eigenvalue weighted by Gasteiger charge is -1.88. The Kier molecular flexibility index (Phi) is 2.34. The van der Waals surface area contributed by atoms with E-state index in [1.165, 1.54) is 7.11 Å². The van der Waals surface area contributed by atoms with Gasteiger partial charge in [-0.2, -0.15) is 4.37 Å². The average Bonchev–Trinajstić information content (AvgIpc) is 2.51. The Morgan fingerprint density at radius 1 is 1.83 bits per heavy atom. The highest BCUT2D eigenvalue weighted by molar-refractivity contribution is 7.09. The predicted octanol–water partition coefficient (Wildman–Crippen LogP) is 0.838. The number of nitrogens with zero attached hydrogens (tertiary/aromatic N) is 2. The second kappa shape index (κ2) is 3.26. The van der Waals surface area contributed by atoms with Crippen LogP contribution in [0.15, 0.2) is 6.07 Å². The lowest BCUT2D eigenvalue weighted by atomic mass is 10.4. The molecule has 0 aromatic carbocycles. The van der Waals surface area contributed by atoms with Crippen molar-refractivity contribution in [3.05, 3.63) is 21.9 Å². The topological polar surface area (TPSA) is 82.3 Å². The summed E-state index contributed by atoms with van der Waals surface area (Å²) in [6.45, 7) is 0. The van der Waals surface area contributed by atoms with Crippen LogP contribution in [0.25, 0.3) is 0 Å². The number of esters is 1. The first kappa shape index (κ1) is 8.60. The maximum Gasteiger partial charge on any atom is 0.358 e. The van der Waals surface area contributed by atoms with E-state index in [1.807, 2.05) is 0 Å². The van der Waals surface area contributed by atoms with Gasteiger partial charge in [-0.05, 0) is 0 Å². The summed E-state index contributed by atoms with van der Waals surface area (Å²) in [7, 11) is 1.19. The molecular formula is C5H4N2O4S. The highest BCUT2D eigenvalue weighted by Crippen LogP contribution is 2.18. The highest BCUT2D eigenvalue weighted by atomic mass is 32.1. The number of hydrogen-bond acceptors (Lipinski definition) is 6. The molecule has 64 valence electrons. The fourth-order valence-electron chi connectivity index (χ4n) is 0.552. The zero-order valence-corrected chi connectivity index (χ0v) is 6.83. The Hall–Kier alpha value is -1.50. The molecule has 1 rings (SSSR count). The van der Waals surface area contributed by atoms with Gasteiger partial charge in [0.1, 0.15) is 0 Å². The van der Waals surface area contributed by atoms with Crippen molar-refractivity contribution in [2.45, 2.75) is 0 Å². The zero-order valence-electron chi connectivity index (χ0n) is 6.01. The minimum Gasteiger partial charge on any atom is -0.464 e. The molecule has 0 saturated heterocycles. The molecule has 0 aliphatic heterocycles. The third-order valence-corrected chi connectivity index (χ3v) is 1.81. The summed E-state index contributed by atoms with van der Waals surface area (Å²) in [4.78, 5) is 20.3. The summed E-state index contributed by atoms with van der Waals surface area (Å²) in [6, 6.07) is 1.08. The van der Waals surface area contributed by atoms with Gasteiger partial charge in [0.25, 0.3) is 0 Å². The molecule has 1 aromatic rings. The molecule has 0 radical (unpaired) electrons. The molecule has 0 saturated carbocycles. The predicted molar refractivity (Wildman–Crippen MR) is 40.1 cm³/mol. The van der Waals surface area contributed by atoms with Gasteiger partial charge >= 0.3 is 11.0 Å². The molecule has 1 aromatic heterocycles. The normalized spacial score (nSPS) is 9.42. The third kappa shape index (κ3) is 1.56. The molecule has 0 N–H and O–H groups in total. The lowest BCUT2D eigenvalue weighted by Crippen LogP contribution is -2.00. The van der Waals surface area contributed by atoms with Crippen LogP contribution in [0.3, 0.4) is 0 Å². The van der Waals surface area contributed by atoms with Crippen LogP contribution in [0.5, 0.6) is 0 Å². The molecule has 0 fully saturated rings. The number of methoxy groups -OCH3 is 1. The Morgan fingerprint density at radius 2 is 2.50 bits per heavy atom. The number of carbonyl (C=O) groups is 1. The number of ether oxygens (including phenoxy) is 1. The third-order valence-electron chi connectivity index (χ3n) is 1.07. The zero-order chi connectivity index (χ0) is 9.14. The summed E-state index contributed by atoms with van der Waals surface area (Å²) < 4.78 is 7.85. The maximum atomic E-state index is 10.7. The van der Waals surface area contributed by atoms with Gasteiger partial charge in [0, 0.05) is 11.5 Å². The van der Waals surface area contributed by atoms with Gasteiger partial charge in [-0.15, -0.1) is 0 Å². The maximum absolute atomic E-state index is 10.7. The van der Waals surface area contributed by atoms with Crippen LogP contribution in [0.4, 0.5) is 5.00 Å². The monoisotopic (exact) mass is 188 g/mol. The van der Waals surface area contributed by atoms with E-state index in [2.05, 4.69) is 9.11 Å². The minimum absolute atomic E-state index is 0.0331. The number of hydrogen-bond donors (Lipinski definition) is 0. The fraction of sp³-hybridized carbons (Fsp3) is 0.200. The van der Waals surface area contributed by atoms with E-state index in [4.69, 9.17) is 0 Å².